The van der Waals surface area contributed by atoms with Gasteiger partial charge in [0, 0.05) is 17.9 Å². The molecule has 1 aromatic carbocycles. The van der Waals surface area contributed by atoms with Crippen molar-refractivity contribution >= 4 is 29.0 Å². The number of hydrogen-bond donors (Lipinski definition) is 0. The number of halogens is 3. The van der Waals surface area contributed by atoms with E-state index in [1.165, 1.54) is 12.1 Å². The minimum Gasteiger partial charge on any atom is -0.294 e. The second kappa shape index (κ2) is 4.58. The minimum absolute atomic E-state index is 0.0161. The van der Waals surface area contributed by atoms with Gasteiger partial charge in [-0.2, -0.15) is 0 Å². The molecule has 4 heteroatoms. The van der Waals surface area contributed by atoms with Gasteiger partial charge < -0.3 is 0 Å². The van der Waals surface area contributed by atoms with Crippen LogP contribution >= 0.6 is 23.2 Å². The molecule has 0 bridgehead atoms. The van der Waals surface area contributed by atoms with Gasteiger partial charge in [-0.1, -0.05) is 11.6 Å². The van der Waals surface area contributed by atoms with Gasteiger partial charge in [-0.25, -0.2) is 4.39 Å². The fourth-order valence-corrected chi connectivity index (χ4v) is 1.19. The summed E-state index contributed by atoms with van der Waals surface area (Å²) in [6.07, 6.45) is 0.211. The first kappa shape index (κ1) is 10.5. The van der Waals surface area contributed by atoms with Crippen LogP contribution in [0.4, 0.5) is 4.39 Å². The summed E-state index contributed by atoms with van der Waals surface area (Å²) in [5.74, 6) is -0.518. The van der Waals surface area contributed by atoms with E-state index in [0.717, 1.165) is 6.07 Å². The highest BCUT2D eigenvalue weighted by Crippen LogP contribution is 2.16. The van der Waals surface area contributed by atoms with E-state index in [0.29, 0.717) is 5.56 Å². The minimum atomic E-state index is -0.581. The maximum absolute atomic E-state index is 12.9. The molecule has 0 radical (unpaired) electrons. The first-order chi connectivity index (χ1) is 6.15. The van der Waals surface area contributed by atoms with Gasteiger partial charge in [0.2, 0.25) is 0 Å². The van der Waals surface area contributed by atoms with Crippen LogP contribution in [0.3, 0.4) is 0 Å². The van der Waals surface area contributed by atoms with Crippen LogP contribution in [0.25, 0.3) is 0 Å². The zero-order chi connectivity index (χ0) is 9.84. The van der Waals surface area contributed by atoms with Gasteiger partial charge in [0.25, 0.3) is 0 Å². The Balaban J connectivity index is 2.90. The smallest absolute Gasteiger partial charge is 0.164 e. The first-order valence-corrected chi connectivity index (χ1v) is 4.60. The first-order valence-electron chi connectivity index (χ1n) is 3.69. The Labute approximate surface area is 85.5 Å². The van der Waals surface area contributed by atoms with Crippen molar-refractivity contribution in [3.05, 3.63) is 34.6 Å². The molecule has 0 fully saturated rings. The summed E-state index contributed by atoms with van der Waals surface area (Å²) in [4.78, 5) is 11.2. The fourth-order valence-electron chi connectivity index (χ4n) is 0.900. The quantitative estimate of drug-likeness (QED) is 0.565. The van der Waals surface area contributed by atoms with E-state index in [9.17, 15) is 9.18 Å². The number of hydrogen-bond acceptors (Lipinski definition) is 1. The third-order valence-corrected chi connectivity index (χ3v) is 2.06. The summed E-state index contributed by atoms with van der Waals surface area (Å²) in [6, 6.07) is 3.97. The summed E-state index contributed by atoms with van der Waals surface area (Å²) >= 11 is 10.8. The second-order valence-corrected chi connectivity index (χ2v) is 3.28. The number of ketones is 1. The largest absolute Gasteiger partial charge is 0.294 e. The molecule has 70 valence electrons. The van der Waals surface area contributed by atoms with E-state index in [4.69, 9.17) is 23.2 Å². The summed E-state index contributed by atoms with van der Waals surface area (Å²) in [5, 5.41) is 0.0161. The van der Waals surface area contributed by atoms with Gasteiger partial charge in [0.15, 0.2) is 5.78 Å². The van der Waals surface area contributed by atoms with Gasteiger partial charge >= 0.3 is 0 Å². The molecule has 0 saturated heterocycles. The van der Waals surface area contributed by atoms with Crippen LogP contribution in [-0.4, -0.2) is 11.7 Å². The van der Waals surface area contributed by atoms with Crippen LogP contribution in [0.1, 0.15) is 16.8 Å². The van der Waals surface area contributed by atoms with Crippen LogP contribution < -0.4 is 0 Å². The molecule has 0 saturated carbocycles. The summed E-state index contributed by atoms with van der Waals surface area (Å²) < 4.78 is 12.9. The zero-order valence-electron chi connectivity index (χ0n) is 6.69. The van der Waals surface area contributed by atoms with Crippen LogP contribution in [0, 0.1) is 5.82 Å². The molecule has 0 aliphatic rings. The number of carbonyl (C=O) groups excluding carboxylic acids is 1. The van der Waals surface area contributed by atoms with E-state index in [-0.39, 0.29) is 23.1 Å². The molecule has 1 rings (SSSR count). The highest BCUT2D eigenvalue weighted by atomic mass is 35.5. The Morgan fingerprint density at radius 3 is 2.69 bits per heavy atom. The monoisotopic (exact) mass is 220 g/mol. The normalized spacial score (nSPS) is 10.1. The molecule has 0 aromatic heterocycles. The molecule has 0 unspecified atom stereocenters. The van der Waals surface area contributed by atoms with Crippen LogP contribution in [-0.2, 0) is 0 Å². The second-order valence-electron chi connectivity index (χ2n) is 2.49. The van der Waals surface area contributed by atoms with Crippen LogP contribution in [0.15, 0.2) is 18.2 Å². The van der Waals surface area contributed by atoms with Gasteiger partial charge in [0.1, 0.15) is 5.82 Å². The van der Waals surface area contributed by atoms with Gasteiger partial charge in [-0.15, -0.1) is 11.6 Å². The molecular weight excluding hydrogens is 214 g/mol. The molecule has 0 spiro atoms. The Morgan fingerprint density at radius 2 is 2.15 bits per heavy atom. The van der Waals surface area contributed by atoms with E-state index < -0.39 is 5.82 Å². The Hall–Kier alpha value is -0.600. The van der Waals surface area contributed by atoms with Crippen molar-refractivity contribution in [3.63, 3.8) is 0 Å². The van der Waals surface area contributed by atoms with Crippen LogP contribution in [0.2, 0.25) is 5.02 Å². The molecule has 0 atom stereocenters. The van der Waals surface area contributed by atoms with E-state index in [1.807, 2.05) is 0 Å². The van der Waals surface area contributed by atoms with E-state index in [1.54, 1.807) is 0 Å². The lowest BCUT2D eigenvalue weighted by atomic mass is 10.1. The lowest BCUT2D eigenvalue weighted by molar-refractivity contribution is 0.0989. The average Bonchev–Trinajstić information content (AvgIpc) is 2.10. The molecule has 13 heavy (non-hydrogen) atoms. The number of alkyl halides is 1. The summed E-state index contributed by atoms with van der Waals surface area (Å²) in [6.45, 7) is 0. The fraction of sp³-hybridized carbons (Fsp3) is 0.222. The molecule has 0 aliphatic carbocycles. The highest BCUT2D eigenvalue weighted by Gasteiger charge is 2.07. The SMILES string of the molecule is O=C(CCCl)c1ccc(Cl)c(F)c1. The number of rotatable bonds is 3. The Kier molecular flexibility index (Phi) is 3.70. The number of benzene rings is 1. The molecular formula is C9H7Cl2FO. The molecule has 0 heterocycles. The Bertz CT molecular complexity index is 325. The third-order valence-electron chi connectivity index (χ3n) is 1.56. The van der Waals surface area contributed by atoms with Gasteiger partial charge in [-0.3, -0.25) is 4.79 Å². The van der Waals surface area contributed by atoms with E-state index >= 15 is 0 Å². The maximum atomic E-state index is 12.9. The number of Topliss-reactive ketones (excluding diaryl/α,β-unsaturated/α-hetero) is 1. The molecule has 1 nitrogen and oxygen atoms in total. The van der Waals surface area contributed by atoms with Crippen molar-refractivity contribution in [2.24, 2.45) is 0 Å². The average molecular weight is 221 g/mol. The molecule has 1 aromatic rings. The van der Waals surface area contributed by atoms with Crippen molar-refractivity contribution in [1.82, 2.24) is 0 Å². The summed E-state index contributed by atoms with van der Waals surface area (Å²) in [5.41, 5.74) is 0.308. The molecule has 0 amide bonds. The summed E-state index contributed by atoms with van der Waals surface area (Å²) in [7, 11) is 0. The van der Waals surface area contributed by atoms with Crippen molar-refractivity contribution in [2.45, 2.75) is 6.42 Å². The van der Waals surface area contributed by atoms with Crippen molar-refractivity contribution < 1.29 is 9.18 Å². The zero-order valence-corrected chi connectivity index (χ0v) is 8.20. The Morgan fingerprint density at radius 1 is 1.46 bits per heavy atom. The lowest BCUT2D eigenvalue weighted by Gasteiger charge is -1.99. The topological polar surface area (TPSA) is 17.1 Å². The maximum Gasteiger partial charge on any atom is 0.164 e. The highest BCUT2D eigenvalue weighted by molar-refractivity contribution is 6.30. The predicted molar refractivity (Wildman–Crippen MR) is 51.1 cm³/mol. The van der Waals surface area contributed by atoms with E-state index in [2.05, 4.69) is 0 Å². The van der Waals surface area contributed by atoms with Crippen molar-refractivity contribution in [2.75, 3.05) is 5.88 Å². The van der Waals surface area contributed by atoms with Gasteiger partial charge in [-0.05, 0) is 18.2 Å². The van der Waals surface area contributed by atoms with Crippen molar-refractivity contribution in [3.8, 4) is 0 Å². The third kappa shape index (κ3) is 2.68. The van der Waals surface area contributed by atoms with Gasteiger partial charge in [0.05, 0.1) is 5.02 Å². The predicted octanol–water partition coefficient (Wildman–Crippen LogP) is 3.29. The van der Waals surface area contributed by atoms with Crippen molar-refractivity contribution in [1.29, 1.82) is 0 Å². The molecule has 0 aliphatic heterocycles. The standard InChI is InChI=1S/C9H7Cl2FO/c10-4-3-9(13)6-1-2-7(11)8(12)5-6/h1-2,5H,3-4H2. The molecule has 0 N–H and O–H groups in total. The van der Waals surface area contributed by atoms with Crippen LogP contribution in [0.5, 0.6) is 0 Å². The number of carbonyl (C=O) groups is 1. The lowest BCUT2D eigenvalue weighted by Crippen LogP contribution is -2.00.